The molecule has 5 nitrogen and oxygen atoms in total. The van der Waals surface area contributed by atoms with Crippen molar-refractivity contribution in [3.63, 3.8) is 0 Å². The van der Waals surface area contributed by atoms with Crippen LogP contribution in [0, 0.1) is 6.92 Å². The predicted molar refractivity (Wildman–Crippen MR) is 62.8 cm³/mol. The Hall–Kier alpha value is -1.69. The number of aromatic nitrogens is 4. The van der Waals surface area contributed by atoms with Crippen LogP contribution >= 0.6 is 11.8 Å². The van der Waals surface area contributed by atoms with Gasteiger partial charge in [-0.2, -0.15) is 0 Å². The van der Waals surface area contributed by atoms with Crippen LogP contribution in [-0.4, -0.2) is 19.9 Å². The van der Waals surface area contributed by atoms with Crippen LogP contribution in [0.4, 0.5) is 5.82 Å². The largest absolute Gasteiger partial charge is 0.384 e. The topological polar surface area (TPSA) is 77.6 Å². The third kappa shape index (κ3) is 2.90. The molecule has 0 saturated carbocycles. The molecule has 0 aliphatic rings. The number of aryl methyl sites for hydroxylation is 1. The number of nitrogens with two attached hydrogens (primary N) is 1. The Balaban J connectivity index is 2.05. The van der Waals surface area contributed by atoms with Gasteiger partial charge in [0.25, 0.3) is 0 Å². The Labute approximate surface area is 97.6 Å². The second-order valence-electron chi connectivity index (χ2n) is 3.18. The van der Waals surface area contributed by atoms with Gasteiger partial charge in [-0.3, -0.25) is 4.98 Å². The fourth-order valence-electron chi connectivity index (χ4n) is 1.22. The van der Waals surface area contributed by atoms with E-state index in [1.54, 1.807) is 24.7 Å². The second-order valence-corrected chi connectivity index (χ2v) is 4.18. The Kier molecular flexibility index (Phi) is 3.31. The summed E-state index contributed by atoms with van der Waals surface area (Å²) in [5.74, 6) is 1.86. The van der Waals surface area contributed by atoms with Gasteiger partial charge < -0.3 is 5.73 Å². The van der Waals surface area contributed by atoms with Crippen molar-refractivity contribution in [2.24, 2.45) is 0 Å². The molecule has 0 atom stereocenters. The molecule has 0 aliphatic carbocycles. The maximum absolute atomic E-state index is 5.64. The van der Waals surface area contributed by atoms with Crippen LogP contribution in [0.5, 0.6) is 0 Å². The van der Waals surface area contributed by atoms with Crippen LogP contribution in [0.3, 0.4) is 0 Å². The van der Waals surface area contributed by atoms with Gasteiger partial charge in [-0.15, -0.1) is 0 Å². The Bertz CT molecular complexity index is 454. The smallest absolute Gasteiger partial charge is 0.141 e. The molecule has 2 heterocycles. The summed E-state index contributed by atoms with van der Waals surface area (Å²) < 4.78 is 0. The lowest BCUT2D eigenvalue weighted by Crippen LogP contribution is -2.00. The Morgan fingerprint density at radius 1 is 1.31 bits per heavy atom. The highest BCUT2D eigenvalue weighted by atomic mass is 32.2. The molecule has 2 rings (SSSR count). The van der Waals surface area contributed by atoms with Gasteiger partial charge in [0, 0.05) is 24.2 Å². The van der Waals surface area contributed by atoms with Crippen molar-refractivity contribution in [3.8, 4) is 0 Å². The van der Waals surface area contributed by atoms with E-state index in [0.717, 1.165) is 10.7 Å². The molecule has 0 aromatic carbocycles. The molecule has 0 fully saturated rings. The molecule has 0 radical (unpaired) electrons. The summed E-state index contributed by atoms with van der Waals surface area (Å²) in [5.41, 5.74) is 6.52. The number of hydrogen-bond donors (Lipinski definition) is 1. The Morgan fingerprint density at radius 2 is 2.19 bits per heavy atom. The fourth-order valence-corrected chi connectivity index (χ4v) is 1.90. The van der Waals surface area contributed by atoms with Gasteiger partial charge in [0.05, 0.1) is 11.9 Å². The van der Waals surface area contributed by atoms with Crippen molar-refractivity contribution in [2.75, 3.05) is 5.73 Å². The first-order valence-electron chi connectivity index (χ1n) is 4.73. The molecule has 2 aromatic heterocycles. The molecule has 0 bridgehead atoms. The number of anilines is 1. The molecule has 16 heavy (non-hydrogen) atoms. The van der Waals surface area contributed by atoms with Crippen LogP contribution in [0.1, 0.15) is 11.5 Å². The van der Waals surface area contributed by atoms with Gasteiger partial charge in [-0.05, 0) is 6.92 Å². The zero-order valence-electron chi connectivity index (χ0n) is 8.79. The first-order valence-corrected chi connectivity index (χ1v) is 5.71. The third-order valence-electron chi connectivity index (χ3n) is 1.81. The van der Waals surface area contributed by atoms with Crippen LogP contribution in [0.25, 0.3) is 0 Å². The van der Waals surface area contributed by atoms with Gasteiger partial charge in [0.15, 0.2) is 0 Å². The molecule has 2 N–H and O–H groups in total. The van der Waals surface area contributed by atoms with Gasteiger partial charge in [-0.25, -0.2) is 15.0 Å². The van der Waals surface area contributed by atoms with Gasteiger partial charge in [-0.1, -0.05) is 11.8 Å². The van der Waals surface area contributed by atoms with E-state index in [-0.39, 0.29) is 0 Å². The average Bonchev–Trinajstić information content (AvgIpc) is 2.27. The minimum absolute atomic E-state index is 0.502. The molecule has 0 aliphatic heterocycles. The van der Waals surface area contributed by atoms with E-state index in [9.17, 15) is 0 Å². The van der Waals surface area contributed by atoms with E-state index in [0.29, 0.717) is 17.4 Å². The van der Waals surface area contributed by atoms with Gasteiger partial charge in [0.2, 0.25) is 0 Å². The van der Waals surface area contributed by atoms with Crippen LogP contribution in [0.2, 0.25) is 0 Å². The lowest BCUT2D eigenvalue weighted by atomic mass is 10.4. The quantitative estimate of drug-likeness (QED) is 0.808. The summed E-state index contributed by atoms with van der Waals surface area (Å²) in [6, 6.07) is 1.75. The number of thioether (sulfide) groups is 1. The summed E-state index contributed by atoms with van der Waals surface area (Å²) in [5, 5.41) is 0.853. The number of nitrogens with zero attached hydrogens (tertiary/aromatic N) is 4. The van der Waals surface area contributed by atoms with Crippen LogP contribution in [-0.2, 0) is 5.75 Å². The fraction of sp³-hybridized carbons (Fsp3) is 0.200. The summed E-state index contributed by atoms with van der Waals surface area (Å²) in [7, 11) is 0. The molecule has 6 heteroatoms. The SMILES string of the molecule is Cc1cc(N)nc(CSc2cnccn2)n1. The minimum atomic E-state index is 0.502. The summed E-state index contributed by atoms with van der Waals surface area (Å²) in [6.07, 6.45) is 5.02. The highest BCUT2D eigenvalue weighted by molar-refractivity contribution is 7.98. The average molecular weight is 233 g/mol. The third-order valence-corrected chi connectivity index (χ3v) is 2.72. The Morgan fingerprint density at radius 3 is 2.88 bits per heavy atom. The monoisotopic (exact) mass is 233 g/mol. The molecule has 0 saturated heterocycles. The van der Waals surface area contributed by atoms with Crippen LogP contribution in [0.15, 0.2) is 29.7 Å². The van der Waals surface area contributed by atoms with E-state index in [4.69, 9.17) is 5.73 Å². The highest BCUT2D eigenvalue weighted by Gasteiger charge is 2.02. The molecular weight excluding hydrogens is 222 g/mol. The van der Waals surface area contributed by atoms with Crippen molar-refractivity contribution >= 4 is 17.6 Å². The van der Waals surface area contributed by atoms with Gasteiger partial charge >= 0.3 is 0 Å². The second kappa shape index (κ2) is 4.89. The standard InChI is InChI=1S/C10H11N5S/c1-7-4-8(11)15-9(14-7)6-16-10-5-12-2-3-13-10/h2-5H,6H2,1H3,(H2,11,14,15). The van der Waals surface area contributed by atoms with E-state index in [1.165, 1.54) is 11.8 Å². The molecule has 0 spiro atoms. The lowest BCUT2D eigenvalue weighted by Gasteiger charge is -2.02. The maximum Gasteiger partial charge on any atom is 0.141 e. The van der Waals surface area contributed by atoms with E-state index in [2.05, 4.69) is 19.9 Å². The first kappa shape index (κ1) is 10.8. The first-order chi connectivity index (χ1) is 7.74. The zero-order chi connectivity index (χ0) is 11.4. The number of hydrogen-bond acceptors (Lipinski definition) is 6. The lowest BCUT2D eigenvalue weighted by molar-refractivity contribution is 0.994. The van der Waals surface area contributed by atoms with Crippen molar-refractivity contribution in [1.29, 1.82) is 0 Å². The highest BCUT2D eigenvalue weighted by Crippen LogP contribution is 2.18. The van der Waals surface area contributed by atoms with E-state index >= 15 is 0 Å². The zero-order valence-corrected chi connectivity index (χ0v) is 9.61. The van der Waals surface area contributed by atoms with Gasteiger partial charge in [0.1, 0.15) is 16.7 Å². The van der Waals surface area contributed by atoms with Crippen LogP contribution < -0.4 is 5.73 Å². The molecular formula is C10H11N5S. The van der Waals surface area contributed by atoms with Crippen molar-refractivity contribution in [1.82, 2.24) is 19.9 Å². The maximum atomic E-state index is 5.64. The summed E-state index contributed by atoms with van der Waals surface area (Å²) in [4.78, 5) is 16.6. The molecule has 2 aromatic rings. The predicted octanol–water partition coefficient (Wildman–Crippen LogP) is 1.45. The van der Waals surface area contributed by atoms with Crippen molar-refractivity contribution < 1.29 is 0 Å². The summed E-state index contributed by atoms with van der Waals surface area (Å²) in [6.45, 7) is 1.90. The molecule has 0 unspecified atom stereocenters. The van der Waals surface area contributed by atoms with E-state index < -0.39 is 0 Å². The normalized spacial score (nSPS) is 10.3. The summed E-state index contributed by atoms with van der Waals surface area (Å²) >= 11 is 1.54. The van der Waals surface area contributed by atoms with Crippen molar-refractivity contribution in [2.45, 2.75) is 17.7 Å². The minimum Gasteiger partial charge on any atom is -0.384 e. The van der Waals surface area contributed by atoms with Crippen molar-refractivity contribution in [3.05, 3.63) is 36.2 Å². The van der Waals surface area contributed by atoms with E-state index in [1.807, 2.05) is 6.92 Å². The number of rotatable bonds is 3. The molecule has 82 valence electrons. The molecule has 0 amide bonds. The number of nitrogen functional groups attached to an aromatic ring is 1.